The highest BCUT2D eigenvalue weighted by Gasteiger charge is 2.02. The Kier molecular flexibility index (Phi) is 14.6. The van der Waals surface area contributed by atoms with Crippen LogP contribution < -0.4 is 0 Å². The molecule has 0 radical (unpaired) electrons. The van der Waals surface area contributed by atoms with Gasteiger partial charge in [0.2, 0.25) is 0 Å². The van der Waals surface area contributed by atoms with Gasteiger partial charge in [-0.3, -0.25) is 4.55 Å². The second-order valence-electron chi connectivity index (χ2n) is 5.40. The smallest absolute Gasteiger partial charge is 0.289 e. The van der Waals surface area contributed by atoms with Crippen molar-refractivity contribution >= 4 is 10.1 Å². The molecule has 0 aromatic rings. The van der Waals surface area contributed by atoms with Gasteiger partial charge in [0.05, 0.1) is 13.2 Å². The van der Waals surface area contributed by atoms with E-state index in [0.717, 1.165) is 6.42 Å². The Balaban J connectivity index is 3.03. The fraction of sp³-hybridized carbons (Fsp3) is 1.00. The predicted molar refractivity (Wildman–Crippen MR) is 85.0 cm³/mol. The second-order valence-corrected chi connectivity index (χ2v) is 6.80. The molecule has 0 aromatic carbocycles. The highest BCUT2D eigenvalue weighted by molar-refractivity contribution is 7.85. The number of rotatable bonds is 16. The molecule has 0 unspecified atom stereocenters. The summed E-state index contributed by atoms with van der Waals surface area (Å²) in [5.41, 5.74) is 0. The Morgan fingerprint density at radius 3 is 1.71 bits per heavy atom. The molecule has 0 fully saturated rings. The second kappa shape index (κ2) is 14.8. The van der Waals surface area contributed by atoms with Crippen LogP contribution in [0.25, 0.3) is 0 Å². The number of unbranched alkanes of at least 4 members (excludes halogenated alkanes) is 9. The monoisotopic (exact) mass is 324 g/mol. The van der Waals surface area contributed by atoms with Crippen LogP contribution in [0.1, 0.15) is 71.1 Å². The standard InChI is InChI=1S/C15H32O5S/c1-2-3-4-5-6-7-8-9-10-11-12-19-13-14-20-15-21(16,17)18/h2-15H2,1H3,(H,16,17,18). The number of hydrogen-bond acceptors (Lipinski definition) is 4. The maximum absolute atomic E-state index is 10.4. The van der Waals surface area contributed by atoms with Crippen LogP contribution in [0.2, 0.25) is 0 Å². The van der Waals surface area contributed by atoms with E-state index in [0.29, 0.717) is 13.2 Å². The van der Waals surface area contributed by atoms with Crippen LogP contribution in [0.3, 0.4) is 0 Å². The van der Waals surface area contributed by atoms with Gasteiger partial charge in [-0.25, -0.2) is 0 Å². The van der Waals surface area contributed by atoms with Gasteiger partial charge in [0.25, 0.3) is 10.1 Å². The summed E-state index contributed by atoms with van der Waals surface area (Å²) in [6.45, 7) is 3.49. The summed E-state index contributed by atoms with van der Waals surface area (Å²) < 4.78 is 39.2. The zero-order valence-electron chi connectivity index (χ0n) is 13.4. The molecule has 6 heteroatoms. The Morgan fingerprint density at radius 2 is 1.19 bits per heavy atom. The SMILES string of the molecule is CCCCCCCCCCCCOCCOCS(=O)(=O)O. The third-order valence-corrected chi connectivity index (χ3v) is 3.71. The van der Waals surface area contributed by atoms with Crippen molar-refractivity contribution in [2.45, 2.75) is 71.1 Å². The molecular formula is C15H32O5S. The van der Waals surface area contributed by atoms with Gasteiger partial charge in [-0.2, -0.15) is 8.42 Å². The Hall–Kier alpha value is -0.170. The fourth-order valence-electron chi connectivity index (χ4n) is 2.08. The van der Waals surface area contributed by atoms with E-state index < -0.39 is 16.1 Å². The molecule has 0 aliphatic carbocycles. The van der Waals surface area contributed by atoms with Crippen molar-refractivity contribution in [3.63, 3.8) is 0 Å². The maximum Gasteiger partial charge on any atom is 0.289 e. The van der Waals surface area contributed by atoms with E-state index in [2.05, 4.69) is 6.92 Å². The van der Waals surface area contributed by atoms with E-state index >= 15 is 0 Å². The third-order valence-electron chi connectivity index (χ3n) is 3.25. The van der Waals surface area contributed by atoms with Gasteiger partial charge in [0, 0.05) is 6.61 Å². The van der Waals surface area contributed by atoms with E-state index in [4.69, 9.17) is 14.0 Å². The van der Waals surface area contributed by atoms with Crippen LogP contribution in [0, 0.1) is 0 Å². The highest BCUT2D eigenvalue weighted by atomic mass is 32.2. The van der Waals surface area contributed by atoms with Gasteiger partial charge in [-0.1, -0.05) is 64.7 Å². The molecule has 128 valence electrons. The molecule has 21 heavy (non-hydrogen) atoms. The van der Waals surface area contributed by atoms with Crippen molar-refractivity contribution < 1.29 is 22.4 Å². The molecule has 0 spiro atoms. The molecule has 0 aromatic heterocycles. The summed E-state index contributed by atoms with van der Waals surface area (Å²) >= 11 is 0. The van der Waals surface area contributed by atoms with Gasteiger partial charge in [-0.15, -0.1) is 0 Å². The molecule has 0 aliphatic rings. The van der Waals surface area contributed by atoms with E-state index in [1.807, 2.05) is 0 Å². The zero-order chi connectivity index (χ0) is 15.8. The van der Waals surface area contributed by atoms with Crippen LogP contribution in [-0.4, -0.2) is 38.7 Å². The lowest BCUT2D eigenvalue weighted by atomic mass is 10.1. The summed E-state index contributed by atoms with van der Waals surface area (Å²) in [7, 11) is -4.02. The van der Waals surface area contributed by atoms with Gasteiger partial charge in [-0.05, 0) is 6.42 Å². The molecule has 0 saturated carbocycles. The third kappa shape index (κ3) is 19.8. The summed E-state index contributed by atoms with van der Waals surface area (Å²) in [6.07, 6.45) is 12.9. The Morgan fingerprint density at radius 1 is 0.714 bits per heavy atom. The molecule has 0 amide bonds. The van der Waals surface area contributed by atoms with E-state index in [-0.39, 0.29) is 6.61 Å². The van der Waals surface area contributed by atoms with Crippen molar-refractivity contribution in [1.82, 2.24) is 0 Å². The molecule has 0 saturated heterocycles. The van der Waals surface area contributed by atoms with Crippen molar-refractivity contribution in [2.24, 2.45) is 0 Å². The van der Waals surface area contributed by atoms with Gasteiger partial charge in [0.15, 0.2) is 5.94 Å². The Bertz CT molecular complexity index is 303. The highest BCUT2D eigenvalue weighted by Crippen LogP contribution is 2.10. The molecule has 0 rings (SSSR count). The lowest BCUT2D eigenvalue weighted by molar-refractivity contribution is 0.0606. The average molecular weight is 324 g/mol. The van der Waals surface area contributed by atoms with Crippen molar-refractivity contribution in [3.8, 4) is 0 Å². The molecule has 0 bridgehead atoms. The summed E-state index contributed by atoms with van der Waals surface area (Å²) in [5, 5.41) is 0. The first kappa shape index (κ1) is 20.8. The van der Waals surface area contributed by atoms with Crippen LogP contribution in [0.15, 0.2) is 0 Å². The molecular weight excluding hydrogens is 292 g/mol. The van der Waals surface area contributed by atoms with Crippen molar-refractivity contribution in [1.29, 1.82) is 0 Å². The zero-order valence-corrected chi connectivity index (χ0v) is 14.2. The van der Waals surface area contributed by atoms with E-state index in [1.54, 1.807) is 0 Å². The minimum absolute atomic E-state index is 0.192. The number of ether oxygens (including phenoxy) is 2. The normalized spacial score (nSPS) is 11.9. The topological polar surface area (TPSA) is 72.8 Å². The minimum atomic E-state index is -4.02. The van der Waals surface area contributed by atoms with Crippen molar-refractivity contribution in [3.05, 3.63) is 0 Å². The largest absolute Gasteiger partial charge is 0.379 e. The molecule has 5 nitrogen and oxygen atoms in total. The van der Waals surface area contributed by atoms with Gasteiger partial charge >= 0.3 is 0 Å². The molecule has 0 heterocycles. The molecule has 0 atom stereocenters. The van der Waals surface area contributed by atoms with Gasteiger partial charge in [0.1, 0.15) is 0 Å². The maximum atomic E-state index is 10.4. The first-order valence-electron chi connectivity index (χ1n) is 8.17. The first-order valence-corrected chi connectivity index (χ1v) is 9.78. The lowest BCUT2D eigenvalue weighted by Gasteiger charge is -2.05. The first-order chi connectivity index (χ1) is 10.1. The lowest BCUT2D eigenvalue weighted by Crippen LogP contribution is -2.12. The van der Waals surface area contributed by atoms with Crippen LogP contribution in [-0.2, 0) is 19.6 Å². The molecule has 0 aliphatic heterocycles. The summed E-state index contributed by atoms with van der Waals surface area (Å²) in [5.74, 6) is -0.658. The summed E-state index contributed by atoms with van der Waals surface area (Å²) in [4.78, 5) is 0. The minimum Gasteiger partial charge on any atom is -0.379 e. The van der Waals surface area contributed by atoms with Gasteiger partial charge < -0.3 is 9.47 Å². The quantitative estimate of drug-likeness (QED) is 0.345. The average Bonchev–Trinajstić information content (AvgIpc) is 2.42. The fourth-order valence-corrected chi connectivity index (χ4v) is 2.40. The predicted octanol–water partition coefficient (Wildman–Crippen LogP) is 3.79. The molecule has 1 N–H and O–H groups in total. The van der Waals surface area contributed by atoms with Crippen molar-refractivity contribution in [2.75, 3.05) is 25.8 Å². The summed E-state index contributed by atoms with van der Waals surface area (Å²) in [6, 6.07) is 0. The number of hydrogen-bond donors (Lipinski definition) is 1. The van der Waals surface area contributed by atoms with E-state index in [9.17, 15) is 8.42 Å². The Labute approximate surface area is 130 Å². The van der Waals surface area contributed by atoms with Crippen LogP contribution in [0.4, 0.5) is 0 Å². The van der Waals surface area contributed by atoms with E-state index in [1.165, 1.54) is 57.8 Å². The van der Waals surface area contributed by atoms with Crippen LogP contribution >= 0.6 is 0 Å². The van der Waals surface area contributed by atoms with Crippen LogP contribution in [0.5, 0.6) is 0 Å².